The van der Waals surface area contributed by atoms with Gasteiger partial charge < -0.3 is 4.98 Å². The Morgan fingerprint density at radius 2 is 2.42 bits per heavy atom. The third-order valence-electron chi connectivity index (χ3n) is 1.47. The molecule has 0 amide bonds. The highest BCUT2D eigenvalue weighted by atomic mass is 16.1. The SMILES string of the molecule is O=c1[nH]cccc1-n1ccnn1. The molecule has 5 heteroatoms. The van der Waals surface area contributed by atoms with Gasteiger partial charge in [0.15, 0.2) is 0 Å². The van der Waals surface area contributed by atoms with Gasteiger partial charge in [-0.1, -0.05) is 5.21 Å². The van der Waals surface area contributed by atoms with Crippen LogP contribution in [0.5, 0.6) is 0 Å². The lowest BCUT2D eigenvalue weighted by molar-refractivity contribution is 0.793. The van der Waals surface area contributed by atoms with Crippen LogP contribution >= 0.6 is 0 Å². The van der Waals surface area contributed by atoms with Crippen LogP contribution in [0.25, 0.3) is 5.69 Å². The molecular formula is C7H6N4O. The smallest absolute Gasteiger partial charge is 0.273 e. The van der Waals surface area contributed by atoms with Gasteiger partial charge in [-0.15, -0.1) is 5.10 Å². The molecule has 0 aromatic carbocycles. The van der Waals surface area contributed by atoms with Crippen LogP contribution in [0.3, 0.4) is 0 Å². The topological polar surface area (TPSA) is 63.6 Å². The molecule has 0 aliphatic carbocycles. The Kier molecular flexibility index (Phi) is 1.48. The molecule has 12 heavy (non-hydrogen) atoms. The second-order valence-electron chi connectivity index (χ2n) is 2.23. The first kappa shape index (κ1) is 6.78. The van der Waals surface area contributed by atoms with E-state index < -0.39 is 0 Å². The van der Waals surface area contributed by atoms with Gasteiger partial charge in [0.2, 0.25) is 0 Å². The molecule has 0 bridgehead atoms. The molecule has 2 rings (SSSR count). The van der Waals surface area contributed by atoms with Gasteiger partial charge in [-0.3, -0.25) is 4.79 Å². The van der Waals surface area contributed by atoms with Crippen LogP contribution < -0.4 is 5.56 Å². The minimum Gasteiger partial charge on any atom is -0.327 e. The number of hydrogen-bond acceptors (Lipinski definition) is 3. The number of aromatic nitrogens is 4. The van der Waals surface area contributed by atoms with Crippen molar-refractivity contribution in [3.8, 4) is 5.69 Å². The third-order valence-corrected chi connectivity index (χ3v) is 1.47. The lowest BCUT2D eigenvalue weighted by Crippen LogP contribution is -2.13. The highest BCUT2D eigenvalue weighted by Crippen LogP contribution is 1.94. The van der Waals surface area contributed by atoms with Crippen molar-refractivity contribution >= 4 is 0 Å². The van der Waals surface area contributed by atoms with Crippen LogP contribution in [-0.4, -0.2) is 20.0 Å². The summed E-state index contributed by atoms with van der Waals surface area (Å²) < 4.78 is 1.42. The number of pyridine rings is 1. The van der Waals surface area contributed by atoms with E-state index in [1.54, 1.807) is 24.5 Å². The first-order chi connectivity index (χ1) is 5.88. The minimum absolute atomic E-state index is 0.178. The van der Waals surface area contributed by atoms with E-state index in [1.165, 1.54) is 10.9 Å². The number of aromatic amines is 1. The van der Waals surface area contributed by atoms with Crippen molar-refractivity contribution in [2.24, 2.45) is 0 Å². The second-order valence-corrected chi connectivity index (χ2v) is 2.23. The van der Waals surface area contributed by atoms with Gasteiger partial charge in [0, 0.05) is 6.20 Å². The van der Waals surface area contributed by atoms with Gasteiger partial charge in [-0.25, -0.2) is 4.68 Å². The maximum Gasteiger partial charge on any atom is 0.273 e. The maximum absolute atomic E-state index is 11.2. The maximum atomic E-state index is 11.2. The fourth-order valence-corrected chi connectivity index (χ4v) is 0.930. The van der Waals surface area contributed by atoms with Crippen LogP contribution in [-0.2, 0) is 0 Å². The van der Waals surface area contributed by atoms with Crippen LogP contribution in [0, 0.1) is 0 Å². The fourth-order valence-electron chi connectivity index (χ4n) is 0.930. The Morgan fingerprint density at radius 3 is 3.08 bits per heavy atom. The molecule has 1 N–H and O–H groups in total. The van der Waals surface area contributed by atoms with E-state index in [4.69, 9.17) is 0 Å². The largest absolute Gasteiger partial charge is 0.327 e. The average Bonchev–Trinajstić information content (AvgIpc) is 2.57. The monoisotopic (exact) mass is 162 g/mol. The summed E-state index contributed by atoms with van der Waals surface area (Å²) in [4.78, 5) is 13.7. The molecule has 2 aromatic heterocycles. The van der Waals surface area contributed by atoms with Gasteiger partial charge in [0.1, 0.15) is 5.69 Å². The molecule has 60 valence electrons. The summed E-state index contributed by atoms with van der Waals surface area (Å²) in [5.74, 6) is 0. The Balaban J connectivity index is 2.63. The Morgan fingerprint density at radius 1 is 1.50 bits per heavy atom. The van der Waals surface area contributed by atoms with Crippen molar-refractivity contribution in [1.29, 1.82) is 0 Å². The molecule has 0 unspecified atom stereocenters. The molecule has 0 radical (unpaired) electrons. The van der Waals surface area contributed by atoms with Crippen molar-refractivity contribution in [3.05, 3.63) is 41.1 Å². The number of rotatable bonds is 1. The lowest BCUT2D eigenvalue weighted by atomic mass is 10.4. The minimum atomic E-state index is -0.178. The average molecular weight is 162 g/mol. The molecule has 0 saturated carbocycles. The molecule has 2 heterocycles. The van der Waals surface area contributed by atoms with Crippen molar-refractivity contribution < 1.29 is 0 Å². The van der Waals surface area contributed by atoms with Gasteiger partial charge in [-0.05, 0) is 12.1 Å². The summed E-state index contributed by atoms with van der Waals surface area (Å²) in [6.45, 7) is 0. The second kappa shape index (κ2) is 2.61. The summed E-state index contributed by atoms with van der Waals surface area (Å²) in [6, 6.07) is 3.41. The van der Waals surface area contributed by atoms with E-state index in [2.05, 4.69) is 15.3 Å². The highest BCUT2D eigenvalue weighted by Gasteiger charge is 1.99. The van der Waals surface area contributed by atoms with E-state index >= 15 is 0 Å². The van der Waals surface area contributed by atoms with Crippen LogP contribution in [0.4, 0.5) is 0 Å². The molecule has 0 aliphatic rings. The molecule has 0 aliphatic heterocycles. The summed E-state index contributed by atoms with van der Waals surface area (Å²) in [5, 5.41) is 7.29. The van der Waals surface area contributed by atoms with Crippen molar-refractivity contribution in [2.75, 3.05) is 0 Å². The summed E-state index contributed by atoms with van der Waals surface area (Å²) in [6.07, 6.45) is 4.71. The normalized spacial score (nSPS) is 10.0. The van der Waals surface area contributed by atoms with Crippen molar-refractivity contribution in [3.63, 3.8) is 0 Å². The van der Waals surface area contributed by atoms with E-state index in [9.17, 15) is 4.79 Å². The summed E-state index contributed by atoms with van der Waals surface area (Å²) in [7, 11) is 0. The Bertz CT molecular complexity index is 417. The van der Waals surface area contributed by atoms with E-state index in [0.717, 1.165) is 0 Å². The molecule has 2 aromatic rings. The molecular weight excluding hydrogens is 156 g/mol. The zero-order valence-corrected chi connectivity index (χ0v) is 6.14. The number of hydrogen-bond donors (Lipinski definition) is 1. The number of nitrogens with zero attached hydrogens (tertiary/aromatic N) is 3. The van der Waals surface area contributed by atoms with Crippen LogP contribution in [0.2, 0.25) is 0 Å². The quantitative estimate of drug-likeness (QED) is 0.639. The van der Waals surface area contributed by atoms with Crippen LogP contribution in [0.15, 0.2) is 35.5 Å². The van der Waals surface area contributed by atoms with Gasteiger partial charge in [0.25, 0.3) is 5.56 Å². The molecule has 5 nitrogen and oxygen atoms in total. The summed E-state index contributed by atoms with van der Waals surface area (Å²) >= 11 is 0. The molecule has 0 spiro atoms. The van der Waals surface area contributed by atoms with Crippen LogP contribution in [0.1, 0.15) is 0 Å². The third kappa shape index (κ3) is 1.01. The zero-order chi connectivity index (χ0) is 8.39. The van der Waals surface area contributed by atoms with E-state index in [0.29, 0.717) is 5.69 Å². The first-order valence-electron chi connectivity index (χ1n) is 3.42. The standard InChI is InChI=1S/C7H6N4O/c12-7-6(2-1-3-8-7)11-5-4-9-10-11/h1-5H,(H,8,12). The number of nitrogens with one attached hydrogen (secondary N) is 1. The van der Waals surface area contributed by atoms with Crippen molar-refractivity contribution in [2.45, 2.75) is 0 Å². The molecule has 0 saturated heterocycles. The predicted molar refractivity (Wildman–Crippen MR) is 42.0 cm³/mol. The predicted octanol–water partition coefficient (Wildman–Crippen LogP) is -0.0444. The van der Waals surface area contributed by atoms with E-state index in [1.807, 2.05) is 0 Å². The highest BCUT2D eigenvalue weighted by molar-refractivity contribution is 5.25. The summed E-state index contributed by atoms with van der Waals surface area (Å²) in [5.41, 5.74) is 0.290. The Hall–Kier alpha value is -1.91. The molecule has 0 fully saturated rings. The number of H-pyrrole nitrogens is 1. The van der Waals surface area contributed by atoms with E-state index in [-0.39, 0.29) is 5.56 Å². The zero-order valence-electron chi connectivity index (χ0n) is 6.14. The first-order valence-corrected chi connectivity index (χ1v) is 3.42. The van der Waals surface area contributed by atoms with Crippen molar-refractivity contribution in [1.82, 2.24) is 20.0 Å². The fraction of sp³-hybridized carbons (Fsp3) is 0. The lowest BCUT2D eigenvalue weighted by Gasteiger charge is -1.95. The van der Waals surface area contributed by atoms with Gasteiger partial charge in [0.05, 0.1) is 12.4 Å². The molecule has 0 atom stereocenters. The van der Waals surface area contributed by atoms with Gasteiger partial charge in [-0.2, -0.15) is 0 Å². The Labute approximate surface area is 67.7 Å². The van der Waals surface area contributed by atoms with Gasteiger partial charge >= 0.3 is 0 Å².